The van der Waals surface area contributed by atoms with Crippen molar-refractivity contribution in [1.82, 2.24) is 9.97 Å². The third-order valence-electron chi connectivity index (χ3n) is 4.40. The van der Waals surface area contributed by atoms with Gasteiger partial charge in [0.1, 0.15) is 11.4 Å². The van der Waals surface area contributed by atoms with Gasteiger partial charge in [0, 0.05) is 17.6 Å². The van der Waals surface area contributed by atoms with Gasteiger partial charge in [-0.2, -0.15) is 0 Å². The number of benzene rings is 2. The van der Waals surface area contributed by atoms with E-state index in [-0.39, 0.29) is 5.91 Å². The molecule has 1 aromatic heterocycles. The molecule has 3 rings (SSSR count). The lowest BCUT2D eigenvalue weighted by Gasteiger charge is -2.16. The van der Waals surface area contributed by atoms with Crippen LogP contribution in [0.25, 0.3) is 0 Å². The Hall–Kier alpha value is -3.41. The van der Waals surface area contributed by atoms with Gasteiger partial charge in [-0.1, -0.05) is 32.0 Å². The minimum absolute atomic E-state index is 0.267. The number of amides is 1. The molecule has 0 spiro atoms. The maximum absolute atomic E-state index is 12.8. The van der Waals surface area contributed by atoms with E-state index in [0.717, 1.165) is 28.3 Å². The first kappa shape index (κ1) is 19.4. The largest absolute Gasteiger partial charge is 0.497 e. The van der Waals surface area contributed by atoms with E-state index >= 15 is 0 Å². The molecule has 0 aliphatic rings. The summed E-state index contributed by atoms with van der Waals surface area (Å²) in [6, 6.07) is 15.0. The molecule has 2 N–H and O–H groups in total. The van der Waals surface area contributed by atoms with Gasteiger partial charge in [0.2, 0.25) is 5.95 Å². The average molecular weight is 376 g/mol. The fourth-order valence-corrected chi connectivity index (χ4v) is 2.87. The Morgan fingerprint density at radius 2 is 1.82 bits per heavy atom. The molecule has 144 valence electrons. The number of carbonyl (C=O) groups is 1. The van der Waals surface area contributed by atoms with Gasteiger partial charge in [0.05, 0.1) is 7.11 Å². The van der Waals surface area contributed by atoms with Gasteiger partial charge in [-0.05, 0) is 54.3 Å². The number of nitrogens with one attached hydrogen (secondary N) is 2. The monoisotopic (exact) mass is 376 g/mol. The number of ether oxygens (including phenoxy) is 1. The number of rotatable bonds is 6. The van der Waals surface area contributed by atoms with Crippen molar-refractivity contribution in [2.45, 2.75) is 26.7 Å². The lowest BCUT2D eigenvalue weighted by Crippen LogP contribution is -2.17. The van der Waals surface area contributed by atoms with E-state index in [9.17, 15) is 4.79 Å². The first-order valence-corrected chi connectivity index (χ1v) is 9.13. The number of nitrogens with zero attached hydrogens (tertiary/aromatic N) is 2. The van der Waals surface area contributed by atoms with E-state index < -0.39 is 0 Å². The van der Waals surface area contributed by atoms with Gasteiger partial charge >= 0.3 is 0 Å². The molecule has 0 unspecified atom stereocenters. The van der Waals surface area contributed by atoms with Crippen molar-refractivity contribution < 1.29 is 9.53 Å². The molecule has 1 heterocycles. The molecule has 0 aliphatic carbocycles. The maximum atomic E-state index is 12.8. The molecule has 0 bridgehead atoms. The summed E-state index contributed by atoms with van der Waals surface area (Å²) < 4.78 is 5.15. The second kappa shape index (κ2) is 8.52. The summed E-state index contributed by atoms with van der Waals surface area (Å²) in [5.74, 6) is 1.15. The predicted octanol–water partition coefficient (Wildman–Crippen LogP) is 4.91. The molecule has 6 nitrogen and oxygen atoms in total. The van der Waals surface area contributed by atoms with E-state index in [1.165, 1.54) is 0 Å². The fraction of sp³-hybridized carbons (Fsp3) is 0.227. The second-order valence-electron chi connectivity index (χ2n) is 6.77. The number of methoxy groups -OCH3 is 1. The molecule has 0 fully saturated rings. The number of hydrogen-bond acceptors (Lipinski definition) is 5. The molecule has 28 heavy (non-hydrogen) atoms. The van der Waals surface area contributed by atoms with E-state index in [1.807, 2.05) is 49.4 Å². The lowest BCUT2D eigenvalue weighted by molar-refractivity contribution is 0.102. The van der Waals surface area contributed by atoms with Crippen LogP contribution in [0.1, 0.15) is 41.4 Å². The van der Waals surface area contributed by atoms with Crippen LogP contribution in [0.4, 0.5) is 17.3 Å². The van der Waals surface area contributed by atoms with Crippen molar-refractivity contribution in [1.29, 1.82) is 0 Å². The SMILES string of the molecule is COc1ccc(Nc2nccc(C(=O)Nc3c(C)cccc3C(C)C)n2)cc1. The van der Waals surface area contributed by atoms with Gasteiger partial charge in [-0.3, -0.25) is 4.79 Å². The van der Waals surface area contributed by atoms with E-state index in [0.29, 0.717) is 17.6 Å². The molecule has 0 atom stereocenters. The Bertz CT molecular complexity index is 969. The van der Waals surface area contributed by atoms with E-state index in [2.05, 4.69) is 34.4 Å². The van der Waals surface area contributed by atoms with Gasteiger partial charge in [-0.25, -0.2) is 9.97 Å². The summed E-state index contributed by atoms with van der Waals surface area (Å²) in [6.07, 6.45) is 1.56. The molecule has 0 saturated carbocycles. The Kier molecular flexibility index (Phi) is 5.89. The predicted molar refractivity (Wildman–Crippen MR) is 112 cm³/mol. The van der Waals surface area contributed by atoms with Crippen LogP contribution in [-0.4, -0.2) is 23.0 Å². The van der Waals surface area contributed by atoms with E-state index in [1.54, 1.807) is 19.4 Å². The minimum atomic E-state index is -0.267. The first-order valence-electron chi connectivity index (χ1n) is 9.13. The van der Waals surface area contributed by atoms with Crippen molar-refractivity contribution in [2.75, 3.05) is 17.7 Å². The standard InChI is InChI=1S/C22H24N4O2/c1-14(2)18-7-5-6-15(3)20(18)26-21(27)19-12-13-23-22(25-19)24-16-8-10-17(28-4)11-9-16/h5-14H,1-4H3,(H,26,27)(H,23,24,25). The zero-order chi connectivity index (χ0) is 20.1. The highest BCUT2D eigenvalue weighted by molar-refractivity contribution is 6.04. The van der Waals surface area contributed by atoms with Crippen molar-refractivity contribution in [3.63, 3.8) is 0 Å². The van der Waals surface area contributed by atoms with Crippen molar-refractivity contribution in [3.8, 4) is 5.75 Å². The molecule has 1 amide bonds. The Morgan fingerprint density at radius 3 is 2.50 bits per heavy atom. The molecule has 0 aliphatic heterocycles. The first-order chi connectivity index (χ1) is 13.5. The molecule has 2 aromatic carbocycles. The van der Waals surface area contributed by atoms with Crippen LogP contribution in [0.15, 0.2) is 54.7 Å². The highest BCUT2D eigenvalue weighted by Crippen LogP contribution is 2.27. The summed E-state index contributed by atoms with van der Waals surface area (Å²) in [7, 11) is 1.62. The van der Waals surface area contributed by atoms with Gasteiger partial charge in [0.25, 0.3) is 5.91 Å². The maximum Gasteiger partial charge on any atom is 0.274 e. The summed E-state index contributed by atoms with van der Waals surface area (Å²) in [5.41, 5.74) is 4.05. The number of hydrogen-bond donors (Lipinski definition) is 2. The number of carbonyl (C=O) groups excluding carboxylic acids is 1. The zero-order valence-corrected chi connectivity index (χ0v) is 16.5. The highest BCUT2D eigenvalue weighted by atomic mass is 16.5. The molecule has 3 aromatic rings. The smallest absolute Gasteiger partial charge is 0.274 e. The molecule has 6 heteroatoms. The topological polar surface area (TPSA) is 76.1 Å². The van der Waals surface area contributed by atoms with Crippen LogP contribution in [0.5, 0.6) is 5.75 Å². The third-order valence-corrected chi connectivity index (χ3v) is 4.40. The number of anilines is 3. The van der Waals surface area contributed by atoms with E-state index in [4.69, 9.17) is 4.74 Å². The summed E-state index contributed by atoms with van der Waals surface area (Å²) in [4.78, 5) is 21.3. The van der Waals surface area contributed by atoms with Gasteiger partial charge in [-0.15, -0.1) is 0 Å². The normalized spacial score (nSPS) is 10.6. The highest BCUT2D eigenvalue weighted by Gasteiger charge is 2.15. The van der Waals surface area contributed by atoms with Crippen molar-refractivity contribution >= 4 is 23.2 Å². The molecule has 0 saturated heterocycles. The minimum Gasteiger partial charge on any atom is -0.497 e. The summed E-state index contributed by atoms with van der Waals surface area (Å²) >= 11 is 0. The Labute approximate surface area is 165 Å². The van der Waals surface area contributed by atoms with Crippen LogP contribution >= 0.6 is 0 Å². The molecular formula is C22H24N4O2. The molecular weight excluding hydrogens is 352 g/mol. The Balaban J connectivity index is 1.79. The lowest BCUT2D eigenvalue weighted by atomic mass is 9.98. The number of para-hydroxylation sites is 1. The molecule has 0 radical (unpaired) electrons. The van der Waals surface area contributed by atoms with Crippen LogP contribution in [0, 0.1) is 6.92 Å². The van der Waals surface area contributed by atoms with Crippen LogP contribution in [0.2, 0.25) is 0 Å². The van der Waals surface area contributed by atoms with Crippen LogP contribution in [-0.2, 0) is 0 Å². The second-order valence-corrected chi connectivity index (χ2v) is 6.77. The van der Waals surface area contributed by atoms with Gasteiger partial charge in [0.15, 0.2) is 0 Å². The van der Waals surface area contributed by atoms with Crippen molar-refractivity contribution in [2.24, 2.45) is 0 Å². The van der Waals surface area contributed by atoms with Crippen molar-refractivity contribution in [3.05, 3.63) is 71.5 Å². The summed E-state index contributed by atoms with van der Waals surface area (Å²) in [5, 5.41) is 6.11. The van der Waals surface area contributed by atoms with Gasteiger partial charge < -0.3 is 15.4 Å². The quantitative estimate of drug-likeness (QED) is 0.639. The fourth-order valence-electron chi connectivity index (χ4n) is 2.87. The van der Waals surface area contributed by atoms with Crippen LogP contribution in [0.3, 0.4) is 0 Å². The average Bonchev–Trinajstić information content (AvgIpc) is 2.70. The summed E-state index contributed by atoms with van der Waals surface area (Å²) in [6.45, 7) is 6.19. The Morgan fingerprint density at radius 1 is 1.07 bits per heavy atom. The number of aromatic nitrogens is 2. The zero-order valence-electron chi connectivity index (χ0n) is 16.5. The third kappa shape index (κ3) is 4.46. The van der Waals surface area contributed by atoms with Crippen LogP contribution < -0.4 is 15.4 Å². The number of aryl methyl sites for hydroxylation is 1.